The number of H-pyrrole nitrogens is 1. The van der Waals surface area contributed by atoms with Gasteiger partial charge in [0.1, 0.15) is 5.82 Å². The molecule has 3 aromatic rings. The molecule has 3 rings (SSSR count). The van der Waals surface area contributed by atoms with Crippen LogP contribution in [0.3, 0.4) is 0 Å². The van der Waals surface area contributed by atoms with Crippen LogP contribution >= 0.6 is 11.6 Å². The zero-order valence-corrected chi connectivity index (χ0v) is 17.1. The number of hydrogen-bond donors (Lipinski definition) is 4. The zero-order valence-electron chi connectivity index (χ0n) is 16.4. The molecular weight excluding hydrogens is 397 g/mol. The summed E-state index contributed by atoms with van der Waals surface area (Å²) in [6.45, 7) is 5.82. The molecule has 0 spiro atoms. The van der Waals surface area contributed by atoms with Gasteiger partial charge >= 0.3 is 0 Å². The summed E-state index contributed by atoms with van der Waals surface area (Å²) in [7, 11) is 2.06. The minimum atomic E-state index is -0.529. The number of aromatic nitrogens is 3. The van der Waals surface area contributed by atoms with E-state index in [4.69, 9.17) is 11.6 Å². The molecule has 154 valence electrons. The van der Waals surface area contributed by atoms with Crippen molar-refractivity contribution in [3.63, 3.8) is 0 Å². The van der Waals surface area contributed by atoms with Crippen molar-refractivity contribution in [1.82, 2.24) is 19.9 Å². The third kappa shape index (κ3) is 4.93. The van der Waals surface area contributed by atoms with Gasteiger partial charge in [0.05, 0.1) is 10.5 Å². The maximum atomic E-state index is 13.4. The van der Waals surface area contributed by atoms with Crippen LogP contribution < -0.4 is 10.6 Å². The minimum absolute atomic E-state index is 0.0356. The maximum Gasteiger partial charge on any atom is 0.202 e. The van der Waals surface area contributed by atoms with Crippen molar-refractivity contribution in [2.45, 2.75) is 19.9 Å². The Labute approximate surface area is 172 Å². The number of pyridine rings is 1. The molecule has 2 aromatic heterocycles. The van der Waals surface area contributed by atoms with Gasteiger partial charge in [-0.15, -0.1) is 0 Å². The predicted octanol–water partition coefficient (Wildman–Crippen LogP) is 3.75. The number of anilines is 2. The molecule has 0 bridgehead atoms. The Morgan fingerprint density at radius 1 is 1.38 bits per heavy atom. The Morgan fingerprint density at radius 2 is 2.17 bits per heavy atom. The highest BCUT2D eigenvalue weighted by atomic mass is 35.5. The first-order chi connectivity index (χ1) is 13.9. The molecule has 29 heavy (non-hydrogen) atoms. The van der Waals surface area contributed by atoms with Crippen LogP contribution in [0.4, 0.5) is 16.0 Å². The van der Waals surface area contributed by atoms with Crippen LogP contribution in [0.15, 0.2) is 35.6 Å². The van der Waals surface area contributed by atoms with E-state index in [0.29, 0.717) is 40.9 Å². The van der Waals surface area contributed by atoms with E-state index in [1.165, 1.54) is 18.2 Å². The van der Waals surface area contributed by atoms with Crippen molar-refractivity contribution in [3.8, 4) is 0 Å². The van der Waals surface area contributed by atoms with Gasteiger partial charge < -0.3 is 25.7 Å². The topological polar surface area (TPSA) is 101 Å². The number of benzene rings is 1. The van der Waals surface area contributed by atoms with Crippen molar-refractivity contribution in [2.24, 2.45) is 5.16 Å². The largest absolute Gasteiger partial charge is 0.409 e. The number of nitrogens with one attached hydrogen (secondary N) is 3. The predicted molar refractivity (Wildman–Crippen MR) is 114 cm³/mol. The Hall–Kier alpha value is -2.91. The first kappa shape index (κ1) is 20.8. The van der Waals surface area contributed by atoms with Crippen LogP contribution in [0, 0.1) is 5.82 Å². The lowest BCUT2D eigenvalue weighted by Gasteiger charge is -2.20. The fourth-order valence-corrected chi connectivity index (χ4v) is 2.84. The van der Waals surface area contributed by atoms with Crippen molar-refractivity contribution in [2.75, 3.05) is 30.8 Å². The van der Waals surface area contributed by atoms with Crippen LogP contribution in [0.25, 0.3) is 11.2 Å². The second kappa shape index (κ2) is 9.06. The van der Waals surface area contributed by atoms with Crippen LogP contribution in [-0.2, 0) is 0 Å². The molecule has 0 atom stereocenters. The molecule has 0 aliphatic carbocycles. The first-order valence-electron chi connectivity index (χ1n) is 9.12. The van der Waals surface area contributed by atoms with Crippen LogP contribution in [0.5, 0.6) is 0 Å². The van der Waals surface area contributed by atoms with Gasteiger partial charge in [0.15, 0.2) is 11.5 Å². The van der Waals surface area contributed by atoms with Gasteiger partial charge in [-0.1, -0.05) is 16.8 Å². The lowest BCUT2D eigenvalue weighted by atomic mass is 10.2. The van der Waals surface area contributed by atoms with Crippen LogP contribution in [-0.4, -0.2) is 57.1 Å². The molecule has 0 unspecified atom stereocenters. The number of hydrogen-bond acceptors (Lipinski definition) is 6. The van der Waals surface area contributed by atoms with Gasteiger partial charge in [-0.05, 0) is 45.2 Å². The molecule has 1 aromatic carbocycles. The number of oxime groups is 1. The molecule has 8 nitrogen and oxygen atoms in total. The molecule has 0 aliphatic heterocycles. The van der Waals surface area contributed by atoms with Crippen molar-refractivity contribution in [3.05, 3.63) is 46.9 Å². The van der Waals surface area contributed by atoms with Crippen LogP contribution in [0.1, 0.15) is 19.4 Å². The van der Waals surface area contributed by atoms with E-state index < -0.39 is 5.82 Å². The Morgan fingerprint density at radius 3 is 2.86 bits per heavy atom. The molecule has 0 radical (unpaired) electrons. The fourth-order valence-electron chi connectivity index (χ4n) is 2.66. The average Bonchev–Trinajstić information content (AvgIpc) is 3.11. The quantitative estimate of drug-likeness (QED) is 0.201. The summed E-state index contributed by atoms with van der Waals surface area (Å²) < 4.78 is 13.4. The van der Waals surface area contributed by atoms with Gasteiger partial charge in [0.25, 0.3) is 0 Å². The lowest BCUT2D eigenvalue weighted by Crippen LogP contribution is -2.31. The summed E-state index contributed by atoms with van der Waals surface area (Å²) in [6, 6.07) is 6.27. The molecule has 2 heterocycles. The standard InChI is InChI=1S/C19H23ClFN7O/c1-11(2)28(3)9-8-23-19-25-16-13(6-7-22-18(16)26-19)17(27-29)24-12-4-5-15(21)14(20)10-12/h4-7,10-11,29H,8-9H2,1-3H3,(H,24,27)(H2,22,23,25,26). The summed E-state index contributed by atoms with van der Waals surface area (Å²) in [6.07, 6.45) is 1.57. The number of likely N-dealkylation sites (N-methyl/N-ethyl adjacent to an activating group) is 1. The third-order valence-corrected chi connectivity index (χ3v) is 4.86. The van der Waals surface area contributed by atoms with E-state index >= 15 is 0 Å². The van der Waals surface area contributed by atoms with Gasteiger partial charge in [-0.3, -0.25) is 0 Å². The number of aromatic amines is 1. The highest BCUT2D eigenvalue weighted by Crippen LogP contribution is 2.22. The fraction of sp³-hybridized carbons (Fsp3) is 0.316. The Balaban J connectivity index is 1.81. The number of nitrogens with zero attached hydrogens (tertiary/aromatic N) is 4. The van der Waals surface area contributed by atoms with E-state index in [-0.39, 0.29) is 10.9 Å². The average molecular weight is 420 g/mol. The number of amidine groups is 1. The number of rotatable bonds is 7. The molecule has 0 saturated heterocycles. The summed E-state index contributed by atoms with van der Waals surface area (Å²) in [5, 5.41) is 19.0. The van der Waals surface area contributed by atoms with E-state index in [2.05, 4.69) is 56.5 Å². The highest BCUT2D eigenvalue weighted by Gasteiger charge is 2.15. The summed E-state index contributed by atoms with van der Waals surface area (Å²) in [5.41, 5.74) is 2.10. The smallest absolute Gasteiger partial charge is 0.202 e. The lowest BCUT2D eigenvalue weighted by molar-refractivity contribution is 0.284. The van der Waals surface area contributed by atoms with Gasteiger partial charge in [0, 0.05) is 36.6 Å². The number of imidazole rings is 1. The molecule has 0 fully saturated rings. The maximum absolute atomic E-state index is 13.4. The van der Waals surface area contributed by atoms with E-state index in [0.717, 1.165) is 6.54 Å². The molecule has 0 aliphatic rings. The van der Waals surface area contributed by atoms with E-state index in [1.54, 1.807) is 12.3 Å². The summed E-state index contributed by atoms with van der Waals surface area (Å²) in [5.74, 6) is 0.187. The van der Waals surface area contributed by atoms with E-state index in [1.807, 2.05) is 0 Å². The van der Waals surface area contributed by atoms with Gasteiger partial charge in [-0.25, -0.2) is 9.37 Å². The van der Waals surface area contributed by atoms with Gasteiger partial charge in [0.2, 0.25) is 5.95 Å². The highest BCUT2D eigenvalue weighted by molar-refractivity contribution is 6.31. The number of halogens is 2. The second-order valence-electron chi connectivity index (χ2n) is 6.85. The minimum Gasteiger partial charge on any atom is -0.409 e. The van der Waals surface area contributed by atoms with Crippen molar-refractivity contribution >= 4 is 40.2 Å². The Kier molecular flexibility index (Phi) is 6.50. The third-order valence-electron chi connectivity index (χ3n) is 4.57. The van der Waals surface area contributed by atoms with Crippen LogP contribution in [0.2, 0.25) is 5.02 Å². The normalized spacial score (nSPS) is 12.2. The molecular formula is C19H23ClFN7O. The van der Waals surface area contributed by atoms with E-state index in [9.17, 15) is 9.60 Å². The Bertz CT molecular complexity index is 1020. The molecule has 4 N–H and O–H groups in total. The summed E-state index contributed by atoms with van der Waals surface area (Å²) in [4.78, 5) is 14.1. The SMILES string of the molecule is CC(C)N(C)CCNc1nc2nccc(/C(=N/O)Nc3ccc(F)c(Cl)c3)c2[nH]1. The van der Waals surface area contributed by atoms with Crippen molar-refractivity contribution < 1.29 is 9.60 Å². The molecule has 0 amide bonds. The van der Waals surface area contributed by atoms with Crippen molar-refractivity contribution in [1.29, 1.82) is 0 Å². The zero-order chi connectivity index (χ0) is 21.0. The second-order valence-corrected chi connectivity index (χ2v) is 7.25. The number of fused-ring (bicyclic) bond motifs is 1. The van der Waals surface area contributed by atoms with Gasteiger partial charge in [-0.2, -0.15) is 4.98 Å². The molecule has 10 heteroatoms. The summed E-state index contributed by atoms with van der Waals surface area (Å²) >= 11 is 5.82. The molecule has 0 saturated carbocycles. The first-order valence-corrected chi connectivity index (χ1v) is 9.50. The monoisotopic (exact) mass is 419 g/mol.